The Morgan fingerprint density at radius 3 is 2.65 bits per heavy atom. The van der Waals surface area contributed by atoms with Crippen molar-refractivity contribution in [3.63, 3.8) is 0 Å². The summed E-state index contributed by atoms with van der Waals surface area (Å²) in [5.41, 5.74) is 4.10. The number of thiophene rings is 1. The predicted molar refractivity (Wildman–Crippen MR) is 181 cm³/mol. The number of fused-ring (bicyclic) bond motifs is 2. The molecule has 2 N–H and O–H groups in total. The number of anilines is 1. The van der Waals surface area contributed by atoms with Crippen molar-refractivity contribution in [3.8, 4) is 6.07 Å². The first-order valence-corrected chi connectivity index (χ1v) is 18.4. The van der Waals surface area contributed by atoms with Crippen LogP contribution in [0.3, 0.4) is 0 Å². The van der Waals surface area contributed by atoms with E-state index in [0.29, 0.717) is 46.4 Å². The number of hydrogen-bond donors (Lipinski definition) is 2. The van der Waals surface area contributed by atoms with E-state index >= 15 is 0 Å². The minimum absolute atomic E-state index is 0.161. The van der Waals surface area contributed by atoms with Gasteiger partial charge in [-0.2, -0.15) is 18.4 Å². The molecule has 4 aromatic rings. The fourth-order valence-corrected chi connectivity index (χ4v) is 9.83. The number of aryl methyl sites for hydroxylation is 2. The average Bonchev–Trinajstić information content (AvgIpc) is 3.54. The molecular formula is C33H40F3N7OS2. The number of nitrogens with zero attached hydrogens (tertiary/aromatic N) is 5. The van der Waals surface area contributed by atoms with Crippen molar-refractivity contribution in [2.75, 3.05) is 30.7 Å². The molecule has 0 spiro atoms. The van der Waals surface area contributed by atoms with E-state index in [1.807, 2.05) is 6.07 Å². The molecule has 46 heavy (non-hydrogen) atoms. The molecule has 8 nitrogen and oxygen atoms in total. The van der Waals surface area contributed by atoms with Crippen LogP contribution in [0.1, 0.15) is 53.7 Å². The second-order valence-corrected chi connectivity index (χ2v) is 16.3. The molecular weight excluding hydrogens is 632 g/mol. The van der Waals surface area contributed by atoms with E-state index in [4.69, 9.17) is 0 Å². The van der Waals surface area contributed by atoms with Crippen molar-refractivity contribution in [2.45, 2.75) is 71.8 Å². The third kappa shape index (κ3) is 7.20. The van der Waals surface area contributed by atoms with Crippen LogP contribution in [-0.2, 0) is 29.2 Å². The molecule has 2 aliphatic rings. The van der Waals surface area contributed by atoms with Gasteiger partial charge >= 0.3 is 6.18 Å². The number of piperidine rings is 1. The molecule has 2 unspecified atom stereocenters. The number of hydrogen-bond acceptors (Lipinski definition) is 7. The van der Waals surface area contributed by atoms with Gasteiger partial charge < -0.3 is 9.88 Å². The highest BCUT2D eigenvalue weighted by Gasteiger charge is 2.30. The summed E-state index contributed by atoms with van der Waals surface area (Å²) < 4.78 is 56.8. The van der Waals surface area contributed by atoms with E-state index in [1.54, 1.807) is 13.0 Å². The molecule has 3 atom stereocenters. The van der Waals surface area contributed by atoms with Crippen LogP contribution in [0, 0.1) is 37.0 Å². The van der Waals surface area contributed by atoms with Crippen LogP contribution in [0.25, 0.3) is 21.1 Å². The number of halogens is 3. The standard InChI is InChI=1S/C33H40F3N7OS2/c1-20(24-7-10-38-46(4,44)19-24)17-43-26(16-37)13-28-21(2)23(5-6-30(28)43)18-42-11-8-25(9-12-42)41-31-29-14-27(15-33(34,35)36)45-32(29)40-22(3)39-31/h5-6,13-14,20,24-25H,4,7-12,15,17-19H2,1-3H3,(H,38,44)(H,39,40,41)/t20-,24?,46?/m0/s1. The number of rotatable bonds is 8. The van der Waals surface area contributed by atoms with Gasteiger partial charge in [0.25, 0.3) is 0 Å². The molecule has 0 bridgehead atoms. The quantitative estimate of drug-likeness (QED) is 0.217. The molecule has 2 saturated heterocycles. The zero-order valence-corrected chi connectivity index (χ0v) is 28.0. The lowest BCUT2D eigenvalue weighted by Gasteiger charge is -2.33. The molecule has 6 rings (SSSR count). The molecule has 0 radical (unpaired) electrons. The Balaban J connectivity index is 1.12. The maximum atomic E-state index is 13.0. The third-order valence-electron chi connectivity index (χ3n) is 9.47. The molecule has 0 amide bonds. The molecule has 1 aromatic carbocycles. The monoisotopic (exact) mass is 671 g/mol. The highest BCUT2D eigenvalue weighted by atomic mass is 32.2. The Morgan fingerprint density at radius 1 is 1.20 bits per heavy atom. The maximum Gasteiger partial charge on any atom is 0.393 e. The zero-order chi connectivity index (χ0) is 32.8. The Kier molecular flexibility index (Phi) is 9.10. The topological polar surface area (TPSA) is 98.9 Å². The van der Waals surface area contributed by atoms with Crippen LogP contribution < -0.4 is 10.0 Å². The third-order valence-corrected chi connectivity index (χ3v) is 12.2. The molecule has 13 heteroatoms. The summed E-state index contributed by atoms with van der Waals surface area (Å²) in [4.78, 5) is 12.2. The summed E-state index contributed by atoms with van der Waals surface area (Å²) in [7, 11) is -2.25. The molecule has 5 heterocycles. The zero-order valence-electron chi connectivity index (χ0n) is 26.4. The second kappa shape index (κ2) is 12.8. The first-order chi connectivity index (χ1) is 21.8. The van der Waals surface area contributed by atoms with Gasteiger partial charge in [-0.15, -0.1) is 11.3 Å². The van der Waals surface area contributed by atoms with Gasteiger partial charge in [0, 0.05) is 70.0 Å². The molecule has 0 aliphatic carbocycles. The number of nitrogens with one attached hydrogen (secondary N) is 2. The van der Waals surface area contributed by atoms with Crippen molar-refractivity contribution >= 4 is 53.9 Å². The lowest BCUT2D eigenvalue weighted by atomic mass is 9.92. The van der Waals surface area contributed by atoms with Crippen LogP contribution in [-0.4, -0.2) is 67.1 Å². The molecule has 2 fully saturated rings. The summed E-state index contributed by atoms with van der Waals surface area (Å²) in [6.45, 7) is 10.0. The van der Waals surface area contributed by atoms with Gasteiger partial charge in [-0.1, -0.05) is 13.0 Å². The first kappa shape index (κ1) is 32.7. The minimum Gasteiger partial charge on any atom is -0.367 e. The number of likely N-dealkylation sites (tertiary alicyclic amines) is 1. The lowest BCUT2D eigenvalue weighted by molar-refractivity contribution is -0.126. The maximum absolute atomic E-state index is 13.0. The Hall–Kier alpha value is -3.18. The van der Waals surface area contributed by atoms with E-state index in [0.717, 1.165) is 61.1 Å². The van der Waals surface area contributed by atoms with Gasteiger partial charge in [-0.3, -0.25) is 9.11 Å². The van der Waals surface area contributed by atoms with Gasteiger partial charge in [0.15, 0.2) is 0 Å². The highest BCUT2D eigenvalue weighted by molar-refractivity contribution is 7.98. The van der Waals surface area contributed by atoms with Crippen LogP contribution in [0.2, 0.25) is 0 Å². The van der Waals surface area contributed by atoms with E-state index in [2.05, 4.69) is 67.4 Å². The largest absolute Gasteiger partial charge is 0.393 e. The Morgan fingerprint density at radius 2 is 1.96 bits per heavy atom. The van der Waals surface area contributed by atoms with Gasteiger partial charge in [-0.25, -0.2) is 14.7 Å². The minimum atomic E-state index is -4.26. The van der Waals surface area contributed by atoms with Crippen molar-refractivity contribution in [3.05, 3.63) is 51.8 Å². The van der Waals surface area contributed by atoms with Gasteiger partial charge in [0.2, 0.25) is 0 Å². The van der Waals surface area contributed by atoms with Crippen LogP contribution in [0.4, 0.5) is 19.0 Å². The molecule has 0 saturated carbocycles. The summed E-state index contributed by atoms with van der Waals surface area (Å²) in [6.07, 6.45) is -2.51. The van der Waals surface area contributed by atoms with E-state index in [1.165, 1.54) is 11.1 Å². The van der Waals surface area contributed by atoms with Crippen LogP contribution in [0.5, 0.6) is 0 Å². The molecule has 2 aliphatic heterocycles. The summed E-state index contributed by atoms with van der Waals surface area (Å²) in [5, 5.41) is 15.2. The number of nitriles is 1. The summed E-state index contributed by atoms with van der Waals surface area (Å²) in [6, 6.07) is 10.4. The fraction of sp³-hybridized carbons (Fsp3) is 0.515. The SMILES string of the molecule is C=S1(=O)CC([C@@H](C)Cn2c(C#N)cc3c(C)c(CN4CCC(Nc5nc(C)nc6sc(CC(F)(F)F)cc56)CC4)ccc32)CCN1. The fourth-order valence-electron chi connectivity index (χ4n) is 6.93. The van der Waals surface area contributed by atoms with Crippen molar-refractivity contribution in [1.29, 1.82) is 5.26 Å². The number of alkyl halides is 3. The Labute approximate surface area is 272 Å². The summed E-state index contributed by atoms with van der Waals surface area (Å²) >= 11 is 1.08. The smallest absolute Gasteiger partial charge is 0.367 e. The van der Waals surface area contributed by atoms with Crippen LogP contribution >= 0.6 is 11.3 Å². The van der Waals surface area contributed by atoms with Crippen molar-refractivity contribution < 1.29 is 17.4 Å². The molecule has 3 aromatic heterocycles. The Bertz CT molecular complexity index is 1900. The van der Waals surface area contributed by atoms with E-state index in [-0.39, 0.29) is 22.8 Å². The van der Waals surface area contributed by atoms with Crippen molar-refractivity contribution in [2.24, 2.45) is 11.8 Å². The van der Waals surface area contributed by atoms with Gasteiger partial charge in [0.1, 0.15) is 28.2 Å². The number of benzene rings is 1. The van der Waals surface area contributed by atoms with Crippen LogP contribution in [0.15, 0.2) is 24.3 Å². The van der Waals surface area contributed by atoms with Gasteiger partial charge in [0.05, 0.1) is 11.8 Å². The normalized spacial score (nSPS) is 22.3. The lowest BCUT2D eigenvalue weighted by Crippen LogP contribution is -2.40. The summed E-state index contributed by atoms with van der Waals surface area (Å²) in [5.74, 6) is 6.12. The number of aromatic nitrogens is 3. The van der Waals surface area contributed by atoms with Gasteiger partial charge in [-0.05, 0) is 80.1 Å². The highest BCUT2D eigenvalue weighted by Crippen LogP contribution is 2.34. The van der Waals surface area contributed by atoms with Crippen molar-refractivity contribution in [1.82, 2.24) is 24.2 Å². The molecule has 246 valence electrons. The van der Waals surface area contributed by atoms with E-state index in [9.17, 15) is 22.6 Å². The average molecular weight is 672 g/mol. The van der Waals surface area contributed by atoms with E-state index < -0.39 is 22.3 Å². The second-order valence-electron chi connectivity index (χ2n) is 13.0. The first-order valence-electron chi connectivity index (χ1n) is 15.7. The predicted octanol–water partition coefficient (Wildman–Crippen LogP) is 6.19.